The van der Waals surface area contributed by atoms with E-state index in [1.165, 1.54) is 0 Å². The van der Waals surface area contributed by atoms with E-state index in [1.54, 1.807) is 20.8 Å². The van der Waals surface area contributed by atoms with Gasteiger partial charge < -0.3 is 14.9 Å². The van der Waals surface area contributed by atoms with Crippen molar-refractivity contribution in [3.63, 3.8) is 0 Å². The van der Waals surface area contributed by atoms with Crippen molar-refractivity contribution in [3.8, 4) is 11.5 Å². The first-order valence-corrected chi connectivity index (χ1v) is 5.88. The molecule has 5 nitrogen and oxygen atoms in total. The van der Waals surface area contributed by atoms with Crippen LogP contribution in [0, 0.1) is 13.8 Å². The maximum atomic E-state index is 12.2. The lowest BCUT2D eigenvalue weighted by molar-refractivity contribution is 0.0887. The molecule has 1 aliphatic carbocycles. The lowest BCUT2D eigenvalue weighted by atomic mass is 9.87. The van der Waals surface area contributed by atoms with Gasteiger partial charge in [-0.3, -0.25) is 9.59 Å². The molecule has 0 radical (unpaired) electrons. The van der Waals surface area contributed by atoms with Crippen LogP contribution in [0.25, 0.3) is 0 Å². The summed E-state index contributed by atoms with van der Waals surface area (Å²) in [6.07, 6.45) is 1.04. The smallest absolute Gasteiger partial charge is 0.232 e. The number of rotatable bonds is 2. The number of carbonyl (C=O) groups is 2. The number of ether oxygens (including phenoxy) is 1. The van der Waals surface area contributed by atoms with Crippen LogP contribution in [0.5, 0.6) is 11.5 Å². The first-order valence-electron chi connectivity index (χ1n) is 5.88. The number of fused-ring (bicyclic) bond motifs is 1. The molecule has 0 saturated heterocycles. The fourth-order valence-electron chi connectivity index (χ4n) is 2.07. The normalized spacial score (nSPS) is 14.2. The van der Waals surface area contributed by atoms with E-state index >= 15 is 0 Å². The Morgan fingerprint density at radius 3 is 2.11 bits per heavy atom. The number of benzene rings is 1. The number of carbonyl (C=O) groups excluding carboxylic acids is 2. The quantitative estimate of drug-likeness (QED) is 0.796. The summed E-state index contributed by atoms with van der Waals surface area (Å²) in [4.78, 5) is 24.1. The molecule has 0 unspecified atom stereocenters. The average Bonchev–Trinajstić information content (AvgIpc) is 2.37. The summed E-state index contributed by atoms with van der Waals surface area (Å²) in [7, 11) is 0. The molecular weight excluding hydrogens is 248 g/mol. The Labute approximate surface area is 110 Å². The summed E-state index contributed by atoms with van der Waals surface area (Å²) in [5, 5.41) is 20.1. The van der Waals surface area contributed by atoms with Gasteiger partial charge in [-0.05, 0) is 31.9 Å². The zero-order valence-electron chi connectivity index (χ0n) is 10.9. The number of Topliss-reactive ketones (excluding diaryl/α,β-unsaturated/α-hetero) is 1. The summed E-state index contributed by atoms with van der Waals surface area (Å²) in [6.45, 7) is 5.06. The van der Waals surface area contributed by atoms with Crippen molar-refractivity contribution < 1.29 is 24.5 Å². The monoisotopic (exact) mass is 262 g/mol. The molecule has 100 valence electrons. The van der Waals surface area contributed by atoms with Crippen LogP contribution in [0.3, 0.4) is 0 Å². The maximum absolute atomic E-state index is 12.2. The Kier molecular flexibility index (Phi) is 3.06. The second-order valence-corrected chi connectivity index (χ2v) is 4.33. The van der Waals surface area contributed by atoms with Gasteiger partial charge in [0.2, 0.25) is 5.78 Å². The summed E-state index contributed by atoms with van der Waals surface area (Å²) >= 11 is 0. The maximum Gasteiger partial charge on any atom is 0.232 e. The molecule has 0 spiro atoms. The van der Waals surface area contributed by atoms with Gasteiger partial charge in [-0.1, -0.05) is 0 Å². The minimum Gasteiger partial charge on any atom is -0.507 e. The predicted octanol–water partition coefficient (Wildman–Crippen LogP) is 2.01. The number of hydrogen-bond acceptors (Lipinski definition) is 5. The van der Waals surface area contributed by atoms with Gasteiger partial charge in [-0.15, -0.1) is 0 Å². The molecule has 0 bridgehead atoms. The molecule has 0 heterocycles. The number of allylic oxidation sites excluding steroid dienone is 2. The van der Waals surface area contributed by atoms with E-state index in [0.29, 0.717) is 11.1 Å². The SMILES string of the molecule is CCOC1=CC(=O)c2c(O)c(C)c(C)c(O)c2C1=O. The van der Waals surface area contributed by atoms with Gasteiger partial charge in [0.25, 0.3) is 0 Å². The minimum absolute atomic E-state index is 0.113. The highest BCUT2D eigenvalue weighted by molar-refractivity contribution is 6.26. The topological polar surface area (TPSA) is 83.8 Å². The van der Waals surface area contributed by atoms with E-state index in [4.69, 9.17) is 4.74 Å². The lowest BCUT2D eigenvalue weighted by Crippen LogP contribution is -2.20. The van der Waals surface area contributed by atoms with Crippen molar-refractivity contribution in [1.29, 1.82) is 0 Å². The van der Waals surface area contributed by atoms with Crippen LogP contribution >= 0.6 is 0 Å². The van der Waals surface area contributed by atoms with Gasteiger partial charge in [0, 0.05) is 6.08 Å². The Morgan fingerprint density at radius 1 is 1.05 bits per heavy atom. The second kappa shape index (κ2) is 4.42. The number of phenols is 2. The van der Waals surface area contributed by atoms with Gasteiger partial charge in [0.1, 0.15) is 11.5 Å². The van der Waals surface area contributed by atoms with Crippen molar-refractivity contribution in [2.24, 2.45) is 0 Å². The van der Waals surface area contributed by atoms with E-state index in [9.17, 15) is 19.8 Å². The van der Waals surface area contributed by atoms with Crippen LogP contribution in [0.1, 0.15) is 38.8 Å². The van der Waals surface area contributed by atoms with E-state index in [1.807, 2.05) is 0 Å². The molecule has 0 fully saturated rings. The van der Waals surface area contributed by atoms with Gasteiger partial charge in [0.05, 0.1) is 17.7 Å². The summed E-state index contributed by atoms with van der Waals surface area (Å²) in [5.41, 5.74) is 0.409. The molecule has 0 amide bonds. The summed E-state index contributed by atoms with van der Waals surface area (Å²) in [5.74, 6) is -1.80. The Morgan fingerprint density at radius 2 is 1.58 bits per heavy atom. The minimum atomic E-state index is -0.590. The predicted molar refractivity (Wildman–Crippen MR) is 67.6 cm³/mol. The molecule has 1 aromatic rings. The van der Waals surface area contributed by atoms with Crippen LogP contribution in [-0.2, 0) is 4.74 Å². The van der Waals surface area contributed by atoms with E-state index in [-0.39, 0.29) is 35.0 Å². The molecule has 19 heavy (non-hydrogen) atoms. The fourth-order valence-corrected chi connectivity index (χ4v) is 2.07. The van der Waals surface area contributed by atoms with Crippen molar-refractivity contribution in [1.82, 2.24) is 0 Å². The van der Waals surface area contributed by atoms with Gasteiger partial charge in [-0.25, -0.2) is 0 Å². The van der Waals surface area contributed by atoms with Crippen molar-refractivity contribution in [2.75, 3.05) is 6.61 Å². The van der Waals surface area contributed by atoms with Gasteiger partial charge in [-0.2, -0.15) is 0 Å². The van der Waals surface area contributed by atoms with Crippen molar-refractivity contribution >= 4 is 11.6 Å². The molecule has 5 heteroatoms. The largest absolute Gasteiger partial charge is 0.507 e. The first-order chi connectivity index (χ1) is 8.90. The third-order valence-corrected chi connectivity index (χ3v) is 3.26. The Balaban J connectivity index is 2.76. The number of ketones is 2. The van der Waals surface area contributed by atoms with Crippen molar-refractivity contribution in [3.05, 3.63) is 34.1 Å². The fraction of sp³-hybridized carbons (Fsp3) is 0.286. The highest BCUT2D eigenvalue weighted by Gasteiger charge is 2.34. The standard InChI is InChI=1S/C14H14O5/c1-4-19-9-5-8(15)10-11(14(9)18)13(17)7(3)6(2)12(10)16/h5,16-17H,4H2,1-3H3. The van der Waals surface area contributed by atoms with Crippen LogP contribution in [0.15, 0.2) is 11.8 Å². The summed E-state index contributed by atoms with van der Waals surface area (Å²) in [6, 6.07) is 0. The molecular formula is C14H14O5. The molecule has 2 N–H and O–H groups in total. The molecule has 1 aliphatic rings. The molecule has 0 aliphatic heterocycles. The number of phenolic OH excluding ortho intramolecular Hbond substituents is 2. The third-order valence-electron chi connectivity index (χ3n) is 3.26. The van der Waals surface area contributed by atoms with Crippen LogP contribution < -0.4 is 0 Å². The van der Waals surface area contributed by atoms with Gasteiger partial charge >= 0.3 is 0 Å². The van der Waals surface area contributed by atoms with Crippen LogP contribution in [-0.4, -0.2) is 28.4 Å². The van der Waals surface area contributed by atoms with Gasteiger partial charge in [0.15, 0.2) is 11.5 Å². The second-order valence-electron chi connectivity index (χ2n) is 4.33. The molecule has 0 aromatic heterocycles. The number of hydrogen-bond donors (Lipinski definition) is 2. The molecule has 0 atom stereocenters. The van der Waals surface area contributed by atoms with E-state index < -0.39 is 11.6 Å². The molecule has 0 saturated carbocycles. The van der Waals surface area contributed by atoms with Crippen LogP contribution in [0.2, 0.25) is 0 Å². The zero-order chi connectivity index (χ0) is 14.3. The Hall–Kier alpha value is -2.30. The molecule has 2 rings (SSSR count). The summed E-state index contributed by atoms with van der Waals surface area (Å²) < 4.78 is 5.09. The lowest BCUT2D eigenvalue weighted by Gasteiger charge is -2.20. The van der Waals surface area contributed by atoms with E-state index in [0.717, 1.165) is 6.08 Å². The highest BCUT2D eigenvalue weighted by Crippen LogP contribution is 2.40. The zero-order valence-corrected chi connectivity index (χ0v) is 10.9. The number of aromatic hydroxyl groups is 2. The Bertz CT molecular complexity index is 625. The third kappa shape index (κ3) is 1.78. The first kappa shape index (κ1) is 13.1. The van der Waals surface area contributed by atoms with E-state index in [2.05, 4.69) is 0 Å². The average molecular weight is 262 g/mol. The van der Waals surface area contributed by atoms with Crippen molar-refractivity contribution in [2.45, 2.75) is 20.8 Å². The molecule has 1 aromatic carbocycles. The highest BCUT2D eigenvalue weighted by atomic mass is 16.5. The van der Waals surface area contributed by atoms with Crippen LogP contribution in [0.4, 0.5) is 0 Å².